The summed E-state index contributed by atoms with van der Waals surface area (Å²) < 4.78 is 1.80. The number of aromatic nitrogens is 2. The Balaban J connectivity index is 1.77. The Labute approximate surface area is 162 Å². The number of nitrogens with one attached hydrogen (secondary N) is 1. The van der Waals surface area contributed by atoms with Crippen LogP contribution in [0.25, 0.3) is 5.69 Å². The lowest BCUT2D eigenvalue weighted by Gasteiger charge is -2.36. The summed E-state index contributed by atoms with van der Waals surface area (Å²) in [5, 5.41) is 7.65. The van der Waals surface area contributed by atoms with E-state index < -0.39 is 0 Å². The summed E-state index contributed by atoms with van der Waals surface area (Å²) >= 11 is 0. The topological polar surface area (TPSA) is 53.4 Å². The lowest BCUT2D eigenvalue weighted by Crippen LogP contribution is -2.50. The Bertz CT molecular complexity index is 774. The monoisotopic (exact) mass is 369 g/mol. The molecule has 146 valence electrons. The van der Waals surface area contributed by atoms with Gasteiger partial charge in [-0.1, -0.05) is 25.0 Å². The highest BCUT2D eigenvalue weighted by molar-refractivity contribution is 5.97. The Kier molecular flexibility index (Phi) is 5.97. The van der Waals surface area contributed by atoms with Crippen LogP contribution < -0.4 is 5.32 Å². The molecule has 6 heteroatoms. The molecule has 0 unspecified atom stereocenters. The van der Waals surface area contributed by atoms with E-state index >= 15 is 0 Å². The molecular formula is C21H31N5O. The maximum atomic E-state index is 13.0. The highest BCUT2D eigenvalue weighted by Gasteiger charge is 2.36. The Morgan fingerprint density at radius 2 is 1.89 bits per heavy atom. The van der Waals surface area contributed by atoms with Crippen LogP contribution in [-0.2, 0) is 6.54 Å². The molecule has 1 N–H and O–H groups in total. The summed E-state index contributed by atoms with van der Waals surface area (Å²) in [7, 11) is 8.29. The molecule has 0 radical (unpaired) electrons. The summed E-state index contributed by atoms with van der Waals surface area (Å²) in [4.78, 5) is 17.3. The van der Waals surface area contributed by atoms with E-state index in [1.54, 1.807) is 4.68 Å². The molecule has 0 aliphatic heterocycles. The number of nitrogens with zero attached hydrogens (tertiary/aromatic N) is 4. The van der Waals surface area contributed by atoms with Gasteiger partial charge < -0.3 is 15.1 Å². The van der Waals surface area contributed by atoms with Gasteiger partial charge in [-0.3, -0.25) is 4.79 Å². The van der Waals surface area contributed by atoms with Crippen LogP contribution in [0.5, 0.6) is 0 Å². The fourth-order valence-corrected chi connectivity index (χ4v) is 3.96. The van der Waals surface area contributed by atoms with Crippen molar-refractivity contribution >= 4 is 5.91 Å². The third-order valence-corrected chi connectivity index (χ3v) is 5.59. The molecule has 2 aromatic rings. The maximum absolute atomic E-state index is 13.0. The summed E-state index contributed by atoms with van der Waals surface area (Å²) in [6.45, 7) is 1.50. The lowest BCUT2D eigenvalue weighted by atomic mass is 9.96. The fourth-order valence-electron chi connectivity index (χ4n) is 3.96. The number of carbonyl (C=O) groups is 1. The van der Waals surface area contributed by atoms with Crippen LogP contribution in [0.2, 0.25) is 0 Å². The molecule has 1 fully saturated rings. The van der Waals surface area contributed by atoms with Crippen LogP contribution in [0.4, 0.5) is 0 Å². The zero-order chi connectivity index (χ0) is 19.4. The predicted octanol–water partition coefficient (Wildman–Crippen LogP) is 2.54. The van der Waals surface area contributed by atoms with E-state index in [0.29, 0.717) is 12.1 Å². The van der Waals surface area contributed by atoms with Crippen molar-refractivity contribution in [2.45, 2.75) is 37.8 Å². The molecule has 0 spiro atoms. The first kappa shape index (κ1) is 19.6. The largest absolute Gasteiger partial charge is 0.350 e. The van der Waals surface area contributed by atoms with Crippen LogP contribution in [0, 0.1) is 0 Å². The number of amides is 1. The smallest absolute Gasteiger partial charge is 0.253 e. The van der Waals surface area contributed by atoms with Gasteiger partial charge in [-0.2, -0.15) is 5.10 Å². The molecule has 1 aliphatic rings. The molecule has 1 heterocycles. The van der Waals surface area contributed by atoms with Crippen molar-refractivity contribution in [3.63, 3.8) is 0 Å². The number of rotatable bonds is 7. The van der Waals surface area contributed by atoms with E-state index in [1.807, 2.05) is 50.8 Å². The van der Waals surface area contributed by atoms with Crippen molar-refractivity contribution in [1.82, 2.24) is 24.9 Å². The summed E-state index contributed by atoms with van der Waals surface area (Å²) in [5.41, 5.74) is 2.66. The van der Waals surface area contributed by atoms with Crippen LogP contribution in [0.3, 0.4) is 0 Å². The maximum Gasteiger partial charge on any atom is 0.253 e. The molecule has 1 aromatic carbocycles. The zero-order valence-corrected chi connectivity index (χ0v) is 16.9. The number of hydrogen-bond acceptors (Lipinski definition) is 4. The van der Waals surface area contributed by atoms with Crippen molar-refractivity contribution in [2.75, 3.05) is 34.7 Å². The van der Waals surface area contributed by atoms with Crippen LogP contribution >= 0.6 is 0 Å². The van der Waals surface area contributed by atoms with Gasteiger partial charge in [0.15, 0.2) is 0 Å². The van der Waals surface area contributed by atoms with Crippen molar-refractivity contribution in [3.05, 3.63) is 47.8 Å². The van der Waals surface area contributed by atoms with E-state index in [1.165, 1.54) is 12.8 Å². The standard InChI is InChI=1S/C21H31N5O/c1-24(2)14-17-13-23-26(15-17)19-10-6-5-9-18(19)20(27)22-16-21(25(3)4)11-7-8-12-21/h5-6,9-10,13,15H,7-8,11-12,14,16H2,1-4H3,(H,22,27). The van der Waals surface area contributed by atoms with Gasteiger partial charge in [-0.25, -0.2) is 4.68 Å². The van der Waals surface area contributed by atoms with Crippen LogP contribution in [-0.4, -0.2) is 65.8 Å². The van der Waals surface area contributed by atoms with Crippen molar-refractivity contribution in [3.8, 4) is 5.69 Å². The van der Waals surface area contributed by atoms with Gasteiger partial charge in [0, 0.05) is 30.4 Å². The van der Waals surface area contributed by atoms with Gasteiger partial charge in [0.2, 0.25) is 0 Å². The SMILES string of the molecule is CN(C)Cc1cnn(-c2ccccc2C(=O)NCC2(N(C)C)CCCC2)c1. The number of para-hydroxylation sites is 1. The number of carbonyl (C=O) groups excluding carboxylic acids is 1. The Hall–Kier alpha value is -2.18. The third-order valence-electron chi connectivity index (χ3n) is 5.59. The minimum absolute atomic E-state index is 0.0385. The number of benzene rings is 1. The summed E-state index contributed by atoms with van der Waals surface area (Å²) in [6, 6.07) is 7.66. The van der Waals surface area contributed by atoms with E-state index in [0.717, 1.165) is 30.6 Å². The van der Waals surface area contributed by atoms with Gasteiger partial charge in [-0.05, 0) is 53.2 Å². The first-order chi connectivity index (χ1) is 12.9. The molecule has 1 saturated carbocycles. The van der Waals surface area contributed by atoms with Gasteiger partial charge >= 0.3 is 0 Å². The number of hydrogen-bond donors (Lipinski definition) is 1. The van der Waals surface area contributed by atoms with Gasteiger partial charge in [0.05, 0.1) is 17.4 Å². The van der Waals surface area contributed by atoms with Crippen molar-refractivity contribution < 1.29 is 4.79 Å². The molecule has 27 heavy (non-hydrogen) atoms. The minimum Gasteiger partial charge on any atom is -0.350 e. The molecule has 0 atom stereocenters. The van der Waals surface area contributed by atoms with E-state index in [-0.39, 0.29) is 11.4 Å². The molecule has 1 amide bonds. The highest BCUT2D eigenvalue weighted by Crippen LogP contribution is 2.33. The second-order valence-corrected chi connectivity index (χ2v) is 8.06. The summed E-state index contributed by atoms with van der Waals surface area (Å²) in [5.74, 6) is -0.0385. The minimum atomic E-state index is -0.0385. The Morgan fingerprint density at radius 1 is 1.19 bits per heavy atom. The van der Waals surface area contributed by atoms with Crippen molar-refractivity contribution in [2.24, 2.45) is 0 Å². The highest BCUT2D eigenvalue weighted by atomic mass is 16.1. The molecule has 1 aliphatic carbocycles. The summed E-state index contributed by atoms with van der Waals surface area (Å²) in [6.07, 6.45) is 8.57. The fraction of sp³-hybridized carbons (Fsp3) is 0.524. The van der Waals surface area contributed by atoms with Gasteiger partial charge in [0.1, 0.15) is 0 Å². The molecule has 0 saturated heterocycles. The van der Waals surface area contributed by atoms with E-state index in [9.17, 15) is 4.79 Å². The van der Waals surface area contributed by atoms with Crippen molar-refractivity contribution in [1.29, 1.82) is 0 Å². The predicted molar refractivity (Wildman–Crippen MR) is 108 cm³/mol. The first-order valence-corrected chi connectivity index (χ1v) is 9.65. The number of likely N-dealkylation sites (N-methyl/N-ethyl adjacent to an activating group) is 1. The third kappa shape index (κ3) is 4.39. The second kappa shape index (κ2) is 8.23. The normalized spacial score (nSPS) is 16.2. The molecular weight excluding hydrogens is 338 g/mol. The molecule has 3 rings (SSSR count). The lowest BCUT2D eigenvalue weighted by molar-refractivity contribution is 0.0900. The average Bonchev–Trinajstić information content (AvgIpc) is 3.29. The van der Waals surface area contributed by atoms with Crippen LogP contribution in [0.1, 0.15) is 41.6 Å². The average molecular weight is 370 g/mol. The molecule has 1 aromatic heterocycles. The van der Waals surface area contributed by atoms with E-state index in [2.05, 4.69) is 34.3 Å². The van der Waals surface area contributed by atoms with Crippen LogP contribution in [0.15, 0.2) is 36.7 Å². The molecule has 6 nitrogen and oxygen atoms in total. The zero-order valence-electron chi connectivity index (χ0n) is 16.9. The molecule has 0 bridgehead atoms. The first-order valence-electron chi connectivity index (χ1n) is 9.65. The second-order valence-electron chi connectivity index (χ2n) is 8.06. The van der Waals surface area contributed by atoms with Gasteiger partial charge in [-0.15, -0.1) is 0 Å². The Morgan fingerprint density at radius 3 is 2.56 bits per heavy atom. The van der Waals surface area contributed by atoms with Gasteiger partial charge in [0.25, 0.3) is 5.91 Å². The van der Waals surface area contributed by atoms with E-state index in [4.69, 9.17) is 0 Å². The quantitative estimate of drug-likeness (QED) is 0.815.